The number of anilines is 1. The zero-order valence-corrected chi connectivity index (χ0v) is 15.9. The van der Waals surface area contributed by atoms with E-state index >= 15 is 0 Å². The Morgan fingerprint density at radius 1 is 1.00 bits per heavy atom. The fraction of sp³-hybridized carbons (Fsp3) is 0.318. The maximum atomic E-state index is 12.9. The lowest BCUT2D eigenvalue weighted by Gasteiger charge is -2.36. The van der Waals surface area contributed by atoms with E-state index in [0.717, 1.165) is 48.3 Å². The number of carbonyl (C=O) groups is 1. The van der Waals surface area contributed by atoms with E-state index in [-0.39, 0.29) is 5.91 Å². The van der Waals surface area contributed by atoms with Gasteiger partial charge in [0.2, 0.25) is 5.91 Å². The fourth-order valence-electron chi connectivity index (χ4n) is 3.86. The molecule has 1 aliphatic rings. The maximum Gasteiger partial charge on any atom is 0.227 e. The topological polar surface area (TPSA) is 49.3 Å². The minimum atomic E-state index is 0.188. The molecule has 1 aliphatic heterocycles. The summed E-state index contributed by atoms with van der Waals surface area (Å²) in [6, 6.07) is 12.2. The molecule has 0 bridgehead atoms. The molecular formula is C22H24N4O. The Bertz CT molecular complexity index is 963. The Morgan fingerprint density at radius 2 is 1.70 bits per heavy atom. The fourth-order valence-corrected chi connectivity index (χ4v) is 3.86. The second-order valence-corrected chi connectivity index (χ2v) is 7.07. The molecule has 0 radical (unpaired) electrons. The number of aryl methyl sites for hydroxylation is 2. The monoisotopic (exact) mass is 360 g/mol. The third-order valence-corrected chi connectivity index (χ3v) is 5.47. The van der Waals surface area contributed by atoms with Gasteiger partial charge >= 0.3 is 0 Å². The quantitative estimate of drug-likeness (QED) is 0.720. The minimum absolute atomic E-state index is 0.188. The van der Waals surface area contributed by atoms with Crippen molar-refractivity contribution in [3.63, 3.8) is 0 Å². The molecule has 2 aromatic heterocycles. The number of hydrogen-bond donors (Lipinski definition) is 0. The van der Waals surface area contributed by atoms with E-state index in [2.05, 4.69) is 22.9 Å². The van der Waals surface area contributed by atoms with Crippen LogP contribution in [-0.2, 0) is 11.2 Å². The van der Waals surface area contributed by atoms with Gasteiger partial charge in [0.05, 0.1) is 11.9 Å². The Hall–Kier alpha value is -2.95. The summed E-state index contributed by atoms with van der Waals surface area (Å²) in [6.07, 6.45) is 4.04. The highest BCUT2D eigenvalue weighted by Gasteiger charge is 2.23. The van der Waals surface area contributed by atoms with Gasteiger partial charge in [-0.2, -0.15) is 0 Å². The van der Waals surface area contributed by atoms with Crippen LogP contribution < -0.4 is 4.90 Å². The van der Waals surface area contributed by atoms with Gasteiger partial charge in [-0.05, 0) is 43.2 Å². The van der Waals surface area contributed by atoms with Gasteiger partial charge in [0.15, 0.2) is 0 Å². The summed E-state index contributed by atoms with van der Waals surface area (Å²) in [6.45, 7) is 7.30. The lowest BCUT2D eigenvalue weighted by molar-refractivity contribution is -0.130. The van der Waals surface area contributed by atoms with E-state index < -0.39 is 0 Å². The zero-order chi connectivity index (χ0) is 18.8. The second-order valence-electron chi connectivity index (χ2n) is 7.07. The van der Waals surface area contributed by atoms with Gasteiger partial charge in [-0.3, -0.25) is 14.8 Å². The predicted molar refractivity (Wildman–Crippen MR) is 108 cm³/mol. The van der Waals surface area contributed by atoms with Gasteiger partial charge in [-0.1, -0.05) is 18.2 Å². The highest BCUT2D eigenvalue weighted by Crippen LogP contribution is 2.24. The lowest BCUT2D eigenvalue weighted by Crippen LogP contribution is -2.49. The van der Waals surface area contributed by atoms with E-state index in [1.165, 1.54) is 11.3 Å². The van der Waals surface area contributed by atoms with Gasteiger partial charge in [-0.25, -0.2) is 0 Å². The Morgan fingerprint density at radius 3 is 2.44 bits per heavy atom. The van der Waals surface area contributed by atoms with Crippen LogP contribution in [0.4, 0.5) is 5.69 Å². The van der Waals surface area contributed by atoms with Crippen LogP contribution in [0.3, 0.4) is 0 Å². The molecule has 0 aliphatic carbocycles. The predicted octanol–water partition coefficient (Wildman–Crippen LogP) is 3.14. The third-order valence-electron chi connectivity index (χ3n) is 5.47. The van der Waals surface area contributed by atoms with Crippen LogP contribution in [0.25, 0.3) is 10.9 Å². The summed E-state index contributed by atoms with van der Waals surface area (Å²) in [4.78, 5) is 26.0. The van der Waals surface area contributed by atoms with Crippen LogP contribution in [0.5, 0.6) is 0 Å². The molecule has 1 fully saturated rings. The average molecular weight is 360 g/mol. The van der Waals surface area contributed by atoms with Crippen molar-refractivity contribution in [2.24, 2.45) is 0 Å². The number of aromatic nitrogens is 2. The van der Waals surface area contributed by atoms with Gasteiger partial charge in [-0.15, -0.1) is 0 Å². The van der Waals surface area contributed by atoms with E-state index in [4.69, 9.17) is 4.98 Å². The number of hydrogen-bond acceptors (Lipinski definition) is 4. The summed E-state index contributed by atoms with van der Waals surface area (Å²) in [5.74, 6) is 0.188. The van der Waals surface area contributed by atoms with Crippen molar-refractivity contribution in [3.8, 4) is 0 Å². The number of piperazine rings is 1. The first-order chi connectivity index (χ1) is 13.1. The Labute approximate surface area is 159 Å². The minimum Gasteiger partial charge on any atom is -0.368 e. The zero-order valence-electron chi connectivity index (χ0n) is 15.9. The number of rotatable bonds is 3. The van der Waals surface area contributed by atoms with Gasteiger partial charge in [0.25, 0.3) is 0 Å². The molecule has 0 atom stereocenters. The van der Waals surface area contributed by atoms with E-state index in [0.29, 0.717) is 6.42 Å². The number of fused-ring (bicyclic) bond motifs is 1. The number of amides is 1. The van der Waals surface area contributed by atoms with Crippen molar-refractivity contribution in [1.29, 1.82) is 0 Å². The van der Waals surface area contributed by atoms with Crippen molar-refractivity contribution in [1.82, 2.24) is 14.9 Å². The molecule has 5 heteroatoms. The Kier molecular flexibility index (Phi) is 4.75. The summed E-state index contributed by atoms with van der Waals surface area (Å²) >= 11 is 0. The number of pyridine rings is 2. The lowest BCUT2D eigenvalue weighted by atomic mass is 9.99. The molecule has 0 saturated carbocycles. The molecular weight excluding hydrogens is 336 g/mol. The highest BCUT2D eigenvalue weighted by molar-refractivity contribution is 5.86. The first kappa shape index (κ1) is 17.5. The van der Waals surface area contributed by atoms with Crippen molar-refractivity contribution < 1.29 is 4.79 Å². The largest absolute Gasteiger partial charge is 0.368 e. The molecule has 138 valence electrons. The van der Waals surface area contributed by atoms with Crippen LogP contribution >= 0.6 is 0 Å². The smallest absolute Gasteiger partial charge is 0.227 e. The number of para-hydroxylation sites is 1. The van der Waals surface area contributed by atoms with Crippen molar-refractivity contribution in [3.05, 3.63) is 65.6 Å². The normalized spacial score (nSPS) is 14.6. The molecule has 0 spiro atoms. The van der Waals surface area contributed by atoms with Gasteiger partial charge in [0.1, 0.15) is 0 Å². The van der Waals surface area contributed by atoms with Crippen LogP contribution in [0, 0.1) is 13.8 Å². The molecule has 27 heavy (non-hydrogen) atoms. The number of nitrogens with zero attached hydrogens (tertiary/aromatic N) is 4. The standard InChI is InChI=1S/C22H24N4O/c1-16-19-5-3-4-6-21(19)24-17(2)20(16)15-22(27)26-13-11-25(12-14-26)18-7-9-23-10-8-18/h3-10H,11-15H2,1-2H3. The molecule has 4 rings (SSSR count). The first-order valence-electron chi connectivity index (χ1n) is 9.41. The maximum absolute atomic E-state index is 12.9. The summed E-state index contributed by atoms with van der Waals surface area (Å²) in [5.41, 5.74) is 5.35. The van der Waals surface area contributed by atoms with E-state index in [9.17, 15) is 4.79 Å². The molecule has 3 aromatic rings. The second kappa shape index (κ2) is 7.35. The van der Waals surface area contributed by atoms with E-state index in [1.807, 2.05) is 54.5 Å². The highest BCUT2D eigenvalue weighted by atomic mass is 16.2. The molecule has 3 heterocycles. The summed E-state index contributed by atoms with van der Waals surface area (Å²) in [5, 5.41) is 1.13. The van der Waals surface area contributed by atoms with Crippen LogP contribution in [0.15, 0.2) is 48.8 Å². The van der Waals surface area contributed by atoms with Crippen molar-refractivity contribution in [2.75, 3.05) is 31.1 Å². The van der Waals surface area contributed by atoms with Crippen LogP contribution in [-0.4, -0.2) is 47.0 Å². The van der Waals surface area contributed by atoms with Crippen LogP contribution in [0.1, 0.15) is 16.8 Å². The average Bonchev–Trinajstić information content (AvgIpc) is 2.72. The molecule has 1 amide bonds. The van der Waals surface area contributed by atoms with Gasteiger partial charge in [0, 0.05) is 55.3 Å². The molecule has 5 nitrogen and oxygen atoms in total. The SMILES string of the molecule is Cc1nc2ccccc2c(C)c1CC(=O)N1CCN(c2ccncc2)CC1. The molecule has 1 saturated heterocycles. The Balaban J connectivity index is 1.47. The summed E-state index contributed by atoms with van der Waals surface area (Å²) < 4.78 is 0. The molecule has 0 N–H and O–H groups in total. The number of carbonyl (C=O) groups excluding carboxylic acids is 1. The van der Waals surface area contributed by atoms with E-state index in [1.54, 1.807) is 0 Å². The van der Waals surface area contributed by atoms with Crippen molar-refractivity contribution in [2.45, 2.75) is 20.3 Å². The van der Waals surface area contributed by atoms with Crippen molar-refractivity contribution >= 4 is 22.5 Å². The molecule has 0 unspecified atom stereocenters. The van der Waals surface area contributed by atoms with Gasteiger partial charge < -0.3 is 9.80 Å². The summed E-state index contributed by atoms with van der Waals surface area (Å²) in [7, 11) is 0. The third kappa shape index (κ3) is 3.50. The molecule has 1 aromatic carbocycles. The first-order valence-corrected chi connectivity index (χ1v) is 9.41. The number of benzene rings is 1. The van der Waals surface area contributed by atoms with Crippen LogP contribution in [0.2, 0.25) is 0 Å².